The van der Waals surface area contributed by atoms with Gasteiger partial charge in [0.2, 0.25) is 0 Å². The molecule has 2 rings (SSSR count). The van der Waals surface area contributed by atoms with Gasteiger partial charge in [-0.15, -0.1) is 0 Å². The second kappa shape index (κ2) is 2.97. The zero-order valence-electron chi connectivity index (χ0n) is 8.53. The predicted molar refractivity (Wildman–Crippen MR) is 54.6 cm³/mol. The second-order valence-electron chi connectivity index (χ2n) is 3.73. The van der Waals surface area contributed by atoms with Gasteiger partial charge in [-0.3, -0.25) is 9.89 Å². The van der Waals surface area contributed by atoms with Gasteiger partial charge < -0.3 is 0 Å². The van der Waals surface area contributed by atoms with E-state index < -0.39 is 0 Å². The SMILES string of the molecule is Cc1nc2cc[nH]n2c(=O)c1C(C)C. The fraction of sp³-hybridized carbons (Fsp3) is 0.400. The molecule has 74 valence electrons. The summed E-state index contributed by atoms with van der Waals surface area (Å²) in [6, 6.07) is 1.79. The van der Waals surface area contributed by atoms with Gasteiger partial charge in [-0.1, -0.05) is 13.8 Å². The summed E-state index contributed by atoms with van der Waals surface area (Å²) in [5.41, 5.74) is 2.29. The molecule has 0 saturated carbocycles. The molecular formula is C10H13N3O. The van der Waals surface area contributed by atoms with Gasteiger partial charge in [-0.2, -0.15) is 0 Å². The maximum Gasteiger partial charge on any atom is 0.276 e. The highest BCUT2D eigenvalue weighted by atomic mass is 16.1. The third-order valence-electron chi connectivity index (χ3n) is 2.35. The van der Waals surface area contributed by atoms with Gasteiger partial charge in [0.1, 0.15) is 0 Å². The Bertz CT molecular complexity index is 522. The van der Waals surface area contributed by atoms with E-state index in [0.717, 1.165) is 11.3 Å². The Kier molecular flexibility index (Phi) is 1.91. The van der Waals surface area contributed by atoms with Crippen LogP contribution >= 0.6 is 0 Å². The van der Waals surface area contributed by atoms with Gasteiger partial charge in [-0.25, -0.2) is 9.50 Å². The minimum atomic E-state index is 0.00694. The molecule has 4 heteroatoms. The molecule has 0 radical (unpaired) electrons. The molecule has 0 bridgehead atoms. The van der Waals surface area contributed by atoms with E-state index in [4.69, 9.17) is 0 Å². The van der Waals surface area contributed by atoms with Crippen LogP contribution in [0.2, 0.25) is 0 Å². The van der Waals surface area contributed by atoms with E-state index in [1.165, 1.54) is 4.52 Å². The molecule has 2 aromatic heterocycles. The first-order valence-electron chi connectivity index (χ1n) is 4.68. The van der Waals surface area contributed by atoms with Gasteiger partial charge >= 0.3 is 0 Å². The second-order valence-corrected chi connectivity index (χ2v) is 3.73. The highest BCUT2D eigenvalue weighted by Gasteiger charge is 2.12. The highest BCUT2D eigenvalue weighted by molar-refractivity contribution is 5.39. The number of rotatable bonds is 1. The number of nitrogens with one attached hydrogen (secondary N) is 1. The smallest absolute Gasteiger partial charge is 0.276 e. The molecule has 0 aliphatic rings. The van der Waals surface area contributed by atoms with Crippen molar-refractivity contribution in [3.63, 3.8) is 0 Å². The predicted octanol–water partition coefficient (Wildman–Crippen LogP) is 1.45. The van der Waals surface area contributed by atoms with Crippen molar-refractivity contribution in [2.45, 2.75) is 26.7 Å². The monoisotopic (exact) mass is 191 g/mol. The minimum absolute atomic E-state index is 0.00694. The molecule has 0 aliphatic heterocycles. The van der Waals surface area contributed by atoms with Crippen LogP contribution in [0.1, 0.15) is 31.0 Å². The maximum absolute atomic E-state index is 11.9. The van der Waals surface area contributed by atoms with E-state index >= 15 is 0 Å². The quantitative estimate of drug-likeness (QED) is 0.741. The highest BCUT2D eigenvalue weighted by Crippen LogP contribution is 2.13. The Morgan fingerprint density at radius 3 is 2.86 bits per heavy atom. The van der Waals surface area contributed by atoms with Gasteiger partial charge in [0.25, 0.3) is 5.56 Å². The molecule has 2 aromatic rings. The van der Waals surface area contributed by atoms with E-state index in [2.05, 4.69) is 10.1 Å². The lowest BCUT2D eigenvalue weighted by atomic mass is 10.0. The van der Waals surface area contributed by atoms with Crippen molar-refractivity contribution >= 4 is 5.65 Å². The maximum atomic E-state index is 11.9. The number of nitrogens with zero attached hydrogens (tertiary/aromatic N) is 2. The van der Waals surface area contributed by atoms with Crippen LogP contribution in [-0.2, 0) is 0 Å². The number of hydrogen-bond acceptors (Lipinski definition) is 2. The Morgan fingerprint density at radius 1 is 1.50 bits per heavy atom. The summed E-state index contributed by atoms with van der Waals surface area (Å²) in [5, 5.41) is 2.85. The Hall–Kier alpha value is -1.58. The number of aromatic nitrogens is 3. The van der Waals surface area contributed by atoms with Crippen molar-refractivity contribution in [2.75, 3.05) is 0 Å². The third-order valence-corrected chi connectivity index (χ3v) is 2.35. The molecule has 0 aliphatic carbocycles. The number of hydrogen-bond donors (Lipinski definition) is 1. The third kappa shape index (κ3) is 1.14. The van der Waals surface area contributed by atoms with Crippen LogP contribution < -0.4 is 5.56 Å². The average molecular weight is 191 g/mol. The van der Waals surface area contributed by atoms with Crippen molar-refractivity contribution in [3.8, 4) is 0 Å². The molecule has 0 saturated heterocycles. The van der Waals surface area contributed by atoms with Gasteiger partial charge in [-0.05, 0) is 12.8 Å². The van der Waals surface area contributed by atoms with E-state index in [-0.39, 0.29) is 11.5 Å². The van der Waals surface area contributed by atoms with Crippen LogP contribution in [0.15, 0.2) is 17.1 Å². The lowest BCUT2D eigenvalue weighted by Gasteiger charge is -2.07. The van der Waals surface area contributed by atoms with Crippen LogP contribution in [0, 0.1) is 6.92 Å². The van der Waals surface area contributed by atoms with Crippen LogP contribution in [-0.4, -0.2) is 14.6 Å². The van der Waals surface area contributed by atoms with E-state index in [1.807, 2.05) is 20.8 Å². The zero-order chi connectivity index (χ0) is 10.3. The van der Waals surface area contributed by atoms with E-state index in [0.29, 0.717) is 5.65 Å². The first-order valence-corrected chi connectivity index (χ1v) is 4.68. The molecular weight excluding hydrogens is 178 g/mol. The summed E-state index contributed by atoms with van der Waals surface area (Å²) in [6.07, 6.45) is 1.72. The van der Waals surface area contributed by atoms with Crippen LogP contribution in [0.25, 0.3) is 5.65 Å². The molecule has 0 fully saturated rings. The Morgan fingerprint density at radius 2 is 2.21 bits per heavy atom. The molecule has 4 nitrogen and oxygen atoms in total. The van der Waals surface area contributed by atoms with Gasteiger partial charge in [0, 0.05) is 23.5 Å². The number of aryl methyl sites for hydroxylation is 1. The van der Waals surface area contributed by atoms with E-state index in [9.17, 15) is 4.79 Å². The summed E-state index contributed by atoms with van der Waals surface area (Å²) in [6.45, 7) is 5.88. The van der Waals surface area contributed by atoms with Crippen LogP contribution in [0.4, 0.5) is 0 Å². The topological polar surface area (TPSA) is 50.2 Å². The fourth-order valence-corrected chi connectivity index (χ4v) is 1.75. The zero-order valence-corrected chi connectivity index (χ0v) is 8.53. The summed E-state index contributed by atoms with van der Waals surface area (Å²) in [7, 11) is 0. The van der Waals surface area contributed by atoms with Crippen LogP contribution in [0.3, 0.4) is 0 Å². The Labute approximate surface area is 81.6 Å². The molecule has 0 atom stereocenters. The lowest BCUT2D eigenvalue weighted by molar-refractivity contribution is 0.780. The fourth-order valence-electron chi connectivity index (χ4n) is 1.75. The molecule has 0 aromatic carbocycles. The Balaban J connectivity index is 2.90. The molecule has 1 N–H and O–H groups in total. The largest absolute Gasteiger partial charge is 0.297 e. The lowest BCUT2D eigenvalue weighted by Crippen LogP contribution is -2.22. The van der Waals surface area contributed by atoms with E-state index in [1.54, 1.807) is 12.3 Å². The standard InChI is InChI=1S/C10H13N3O/c1-6(2)9-7(3)12-8-4-5-11-13(8)10(9)14/h4-6,11H,1-3H3. The average Bonchev–Trinajstić information content (AvgIpc) is 2.50. The number of H-pyrrole nitrogens is 1. The normalized spacial score (nSPS) is 11.4. The van der Waals surface area contributed by atoms with Crippen LogP contribution in [0.5, 0.6) is 0 Å². The van der Waals surface area contributed by atoms with Crippen molar-refractivity contribution in [2.24, 2.45) is 0 Å². The summed E-state index contributed by atoms with van der Waals surface area (Å²) >= 11 is 0. The van der Waals surface area contributed by atoms with Crippen molar-refractivity contribution in [1.82, 2.24) is 14.6 Å². The first-order chi connectivity index (χ1) is 6.61. The summed E-state index contributed by atoms with van der Waals surface area (Å²) < 4.78 is 1.47. The van der Waals surface area contributed by atoms with Gasteiger partial charge in [0.15, 0.2) is 5.65 Å². The van der Waals surface area contributed by atoms with Crippen molar-refractivity contribution < 1.29 is 0 Å². The number of fused-ring (bicyclic) bond motifs is 1. The molecule has 14 heavy (non-hydrogen) atoms. The molecule has 0 amide bonds. The summed E-state index contributed by atoms with van der Waals surface area (Å²) in [5.74, 6) is 0.204. The molecule has 0 unspecified atom stereocenters. The first kappa shape index (κ1) is 8.99. The van der Waals surface area contributed by atoms with Gasteiger partial charge in [0.05, 0.1) is 0 Å². The summed E-state index contributed by atoms with van der Waals surface area (Å²) in [4.78, 5) is 16.3. The number of aromatic amines is 1. The molecule has 2 heterocycles. The van der Waals surface area contributed by atoms with Crippen molar-refractivity contribution in [3.05, 3.63) is 33.9 Å². The van der Waals surface area contributed by atoms with Crippen molar-refractivity contribution in [1.29, 1.82) is 0 Å². The minimum Gasteiger partial charge on any atom is -0.297 e. The molecule has 0 spiro atoms.